The molecular formula is C28H31F3N2O. The van der Waals surface area contributed by atoms with Gasteiger partial charge in [-0.3, -0.25) is 9.69 Å². The first-order chi connectivity index (χ1) is 16.3. The molecule has 1 unspecified atom stereocenters. The molecule has 0 aromatic heterocycles. The summed E-state index contributed by atoms with van der Waals surface area (Å²) in [7, 11) is 1.84. The first kappa shape index (κ1) is 25.5. The fraction of sp³-hybridized carbons (Fsp3) is 0.321. The Morgan fingerprint density at radius 1 is 0.912 bits per heavy atom. The summed E-state index contributed by atoms with van der Waals surface area (Å²) in [4.78, 5) is 17.1. The summed E-state index contributed by atoms with van der Waals surface area (Å²) < 4.78 is 38.3. The van der Waals surface area contributed by atoms with Gasteiger partial charge in [0.1, 0.15) is 0 Å². The van der Waals surface area contributed by atoms with Crippen molar-refractivity contribution in [2.24, 2.45) is 0 Å². The molecule has 0 bridgehead atoms. The van der Waals surface area contributed by atoms with Crippen molar-refractivity contribution in [3.8, 4) is 11.1 Å². The molecule has 1 aliphatic rings. The van der Waals surface area contributed by atoms with Crippen LogP contribution < -0.4 is 0 Å². The number of carbonyl (C=O) groups is 1. The number of hydrogen-bond acceptors (Lipinski definition) is 2. The Morgan fingerprint density at radius 2 is 1.47 bits per heavy atom. The minimum atomic E-state index is -4.35. The maximum atomic E-state index is 13.0. The van der Waals surface area contributed by atoms with Gasteiger partial charge >= 0.3 is 6.18 Å². The van der Waals surface area contributed by atoms with Crippen molar-refractivity contribution in [3.63, 3.8) is 0 Å². The highest BCUT2D eigenvalue weighted by atomic mass is 19.4. The predicted octanol–water partition coefficient (Wildman–Crippen LogP) is 6.75. The first-order valence-corrected chi connectivity index (χ1v) is 11.6. The minimum absolute atomic E-state index is 0.0458. The lowest BCUT2D eigenvalue weighted by atomic mass is 10.0. The molecule has 6 heteroatoms. The summed E-state index contributed by atoms with van der Waals surface area (Å²) >= 11 is 0. The number of halogens is 3. The number of hydrogen-bond donors (Lipinski definition) is 0. The van der Waals surface area contributed by atoms with E-state index < -0.39 is 11.7 Å². The molecule has 1 heterocycles. The number of rotatable bonds is 5. The number of nitrogens with zero attached hydrogens (tertiary/aromatic N) is 2. The summed E-state index contributed by atoms with van der Waals surface area (Å²) in [6.07, 6.45) is -3.42. The van der Waals surface area contributed by atoms with Gasteiger partial charge in [0.2, 0.25) is 0 Å². The number of carbonyl (C=O) groups excluding carboxylic acids is 1. The monoisotopic (exact) mass is 468 g/mol. The summed E-state index contributed by atoms with van der Waals surface area (Å²) in [5.74, 6) is -0.0458. The fourth-order valence-corrected chi connectivity index (χ4v) is 4.14. The average Bonchev–Trinajstić information content (AvgIpc) is 3.33. The molecule has 1 aliphatic heterocycles. The van der Waals surface area contributed by atoms with Gasteiger partial charge in [0.05, 0.1) is 5.56 Å². The van der Waals surface area contributed by atoms with E-state index in [-0.39, 0.29) is 11.9 Å². The van der Waals surface area contributed by atoms with Crippen molar-refractivity contribution in [1.82, 2.24) is 9.80 Å². The van der Waals surface area contributed by atoms with Crippen LogP contribution in [0.15, 0.2) is 78.9 Å². The maximum Gasteiger partial charge on any atom is 0.416 e. The minimum Gasteiger partial charge on any atom is -0.337 e. The van der Waals surface area contributed by atoms with Crippen LogP contribution in [0.2, 0.25) is 0 Å². The molecule has 1 fully saturated rings. The number of likely N-dealkylation sites (N-methyl/N-ethyl adjacent to an activating group) is 1. The second-order valence-electron chi connectivity index (χ2n) is 8.23. The van der Waals surface area contributed by atoms with Crippen molar-refractivity contribution < 1.29 is 18.0 Å². The third-order valence-electron chi connectivity index (χ3n) is 6.04. The van der Waals surface area contributed by atoms with Crippen LogP contribution in [0.25, 0.3) is 11.1 Å². The predicted molar refractivity (Wildman–Crippen MR) is 130 cm³/mol. The van der Waals surface area contributed by atoms with Gasteiger partial charge in [-0.05, 0) is 47.4 Å². The molecule has 0 aliphatic carbocycles. The summed E-state index contributed by atoms with van der Waals surface area (Å²) in [6.45, 7) is 6.66. The van der Waals surface area contributed by atoms with Gasteiger partial charge in [0, 0.05) is 38.3 Å². The molecule has 0 N–H and O–H groups in total. The van der Waals surface area contributed by atoms with E-state index in [1.165, 1.54) is 17.7 Å². The Kier molecular flexibility index (Phi) is 8.51. The highest BCUT2D eigenvalue weighted by Crippen LogP contribution is 2.31. The quantitative estimate of drug-likeness (QED) is 0.414. The average molecular weight is 469 g/mol. The van der Waals surface area contributed by atoms with Crippen LogP contribution in [-0.2, 0) is 12.7 Å². The molecule has 0 spiro atoms. The Bertz CT molecular complexity index is 1050. The molecule has 1 saturated heterocycles. The SMILES string of the molecule is CC.CN(C(=O)c1ccc(-c2ccc(C(F)(F)F)cc2)cc1)C1CCN(Cc2ccccc2)C1. The van der Waals surface area contributed by atoms with Crippen LogP contribution in [-0.4, -0.2) is 41.9 Å². The molecule has 4 rings (SSSR count). The van der Waals surface area contributed by atoms with Crippen LogP contribution in [0, 0.1) is 0 Å². The van der Waals surface area contributed by atoms with Gasteiger partial charge in [0.25, 0.3) is 5.91 Å². The molecule has 3 aromatic carbocycles. The topological polar surface area (TPSA) is 23.6 Å². The highest BCUT2D eigenvalue weighted by Gasteiger charge is 2.30. The second-order valence-corrected chi connectivity index (χ2v) is 8.23. The Labute approximate surface area is 199 Å². The van der Waals surface area contributed by atoms with Gasteiger partial charge in [-0.1, -0.05) is 68.4 Å². The lowest BCUT2D eigenvalue weighted by Crippen LogP contribution is -2.38. The Hall–Kier alpha value is -3.12. The highest BCUT2D eigenvalue weighted by molar-refractivity contribution is 5.94. The molecule has 180 valence electrons. The normalized spacial score (nSPS) is 16.0. The Morgan fingerprint density at radius 3 is 2.03 bits per heavy atom. The lowest BCUT2D eigenvalue weighted by Gasteiger charge is -2.25. The summed E-state index contributed by atoms with van der Waals surface area (Å²) in [5, 5.41) is 0. The van der Waals surface area contributed by atoms with Gasteiger partial charge in [-0.2, -0.15) is 13.2 Å². The summed E-state index contributed by atoms with van der Waals surface area (Å²) in [6, 6.07) is 22.5. The van der Waals surface area contributed by atoms with Crippen molar-refractivity contribution in [3.05, 3.63) is 95.6 Å². The zero-order valence-corrected chi connectivity index (χ0v) is 19.8. The van der Waals surface area contributed by atoms with Crippen LogP contribution >= 0.6 is 0 Å². The molecule has 0 radical (unpaired) electrons. The van der Waals surface area contributed by atoms with Crippen molar-refractivity contribution >= 4 is 5.91 Å². The molecule has 34 heavy (non-hydrogen) atoms. The van der Waals surface area contributed by atoms with E-state index in [1.54, 1.807) is 29.2 Å². The van der Waals surface area contributed by atoms with E-state index in [0.29, 0.717) is 11.1 Å². The zero-order chi connectivity index (χ0) is 24.7. The van der Waals surface area contributed by atoms with Crippen molar-refractivity contribution in [2.75, 3.05) is 20.1 Å². The molecule has 3 aromatic rings. The van der Waals surface area contributed by atoms with E-state index in [4.69, 9.17) is 0 Å². The van der Waals surface area contributed by atoms with Gasteiger partial charge in [-0.15, -0.1) is 0 Å². The van der Waals surface area contributed by atoms with Crippen LogP contribution in [0.5, 0.6) is 0 Å². The van der Waals surface area contributed by atoms with Crippen molar-refractivity contribution in [1.29, 1.82) is 0 Å². The van der Waals surface area contributed by atoms with Crippen LogP contribution in [0.1, 0.15) is 41.8 Å². The molecular weight excluding hydrogens is 437 g/mol. The largest absolute Gasteiger partial charge is 0.416 e. The molecule has 0 saturated carbocycles. The van der Waals surface area contributed by atoms with E-state index in [2.05, 4.69) is 17.0 Å². The third kappa shape index (κ3) is 6.26. The van der Waals surface area contributed by atoms with Gasteiger partial charge < -0.3 is 4.90 Å². The molecule has 1 atom stereocenters. The number of alkyl halides is 3. The summed E-state index contributed by atoms with van der Waals surface area (Å²) in [5.41, 5.74) is 2.61. The van der Waals surface area contributed by atoms with Crippen molar-refractivity contribution in [2.45, 2.75) is 39.0 Å². The second kappa shape index (κ2) is 11.3. The van der Waals surface area contributed by atoms with E-state index in [0.717, 1.165) is 43.8 Å². The third-order valence-corrected chi connectivity index (χ3v) is 6.04. The Balaban J connectivity index is 0.00000158. The molecule has 1 amide bonds. The van der Waals surface area contributed by atoms with E-state index in [9.17, 15) is 18.0 Å². The fourth-order valence-electron chi connectivity index (χ4n) is 4.14. The van der Waals surface area contributed by atoms with E-state index in [1.807, 2.05) is 39.1 Å². The van der Waals surface area contributed by atoms with Crippen LogP contribution in [0.4, 0.5) is 13.2 Å². The van der Waals surface area contributed by atoms with Crippen LogP contribution in [0.3, 0.4) is 0 Å². The maximum absolute atomic E-state index is 13.0. The number of amides is 1. The van der Waals surface area contributed by atoms with Gasteiger partial charge in [0.15, 0.2) is 0 Å². The standard InChI is InChI=1S/C26H25F3N2O.C2H6/c1-30(24-15-16-31(18-24)17-19-5-3-2-4-6-19)25(32)22-9-7-20(8-10-22)21-11-13-23(14-12-21)26(27,28)29;1-2/h2-14,24H,15-18H2,1H3;1-2H3. The lowest BCUT2D eigenvalue weighted by molar-refractivity contribution is -0.137. The number of benzene rings is 3. The van der Waals surface area contributed by atoms with E-state index >= 15 is 0 Å². The smallest absolute Gasteiger partial charge is 0.337 e. The van der Waals surface area contributed by atoms with Gasteiger partial charge in [-0.25, -0.2) is 0 Å². The number of likely N-dealkylation sites (tertiary alicyclic amines) is 1. The first-order valence-electron chi connectivity index (χ1n) is 11.6. The zero-order valence-electron chi connectivity index (χ0n) is 19.8. The molecule has 3 nitrogen and oxygen atoms in total.